The molecule has 1 rings (SSSR count). The average Bonchev–Trinajstić information content (AvgIpc) is 2.49. The summed E-state index contributed by atoms with van der Waals surface area (Å²) >= 11 is 0. The topological polar surface area (TPSA) is 215 Å². The number of aliphatic hydroxyl groups is 4. The molecular formula is C11H18N4O9. The zero-order chi connectivity index (χ0) is 18.5. The molecule has 1 heterocycles. The number of azide groups is 1. The highest BCUT2D eigenvalue weighted by Crippen LogP contribution is 2.31. The fourth-order valence-electron chi connectivity index (χ4n) is 2.31. The van der Waals surface area contributed by atoms with Crippen LogP contribution >= 0.6 is 0 Å². The van der Waals surface area contributed by atoms with Gasteiger partial charge in [0.25, 0.3) is 5.79 Å². The van der Waals surface area contributed by atoms with E-state index in [4.69, 9.17) is 15.4 Å². The molecule has 1 fully saturated rings. The Kier molecular flexibility index (Phi) is 6.71. The quantitative estimate of drug-likeness (QED) is 0.122. The number of aliphatic hydroxyl groups excluding tert-OH is 3. The van der Waals surface area contributed by atoms with Crippen molar-refractivity contribution in [2.45, 2.75) is 49.6 Å². The van der Waals surface area contributed by atoms with Gasteiger partial charge in [-0.1, -0.05) is 0 Å². The Balaban J connectivity index is 3.13. The highest BCUT2D eigenvalue weighted by atomic mass is 16.7. The van der Waals surface area contributed by atoms with Crippen LogP contribution in [0.15, 0.2) is 5.28 Å². The summed E-state index contributed by atoms with van der Waals surface area (Å²) in [7, 11) is 0. The first-order chi connectivity index (χ1) is 11.2. The molecule has 1 aliphatic rings. The first-order valence-corrected chi connectivity index (χ1v) is 6.74. The second kappa shape index (κ2) is 8.10. The molecule has 24 heavy (non-hydrogen) atoms. The maximum atomic E-state index is 11.2. The van der Waals surface area contributed by atoms with Gasteiger partial charge in [-0.15, -0.1) is 0 Å². The molecule has 1 aliphatic heterocycles. The molecule has 0 spiro atoms. The minimum Gasteiger partial charge on any atom is -0.477 e. The molecule has 6 atom stereocenters. The first kappa shape index (κ1) is 19.9. The van der Waals surface area contributed by atoms with Crippen LogP contribution in [0.2, 0.25) is 0 Å². The minimum absolute atomic E-state index is 0.628. The number of rotatable bonds is 7. The van der Waals surface area contributed by atoms with Crippen LogP contribution in [0.3, 0.4) is 0 Å². The maximum absolute atomic E-state index is 11.2. The Bertz CT molecular complexity index is 526. The number of hydrogen-bond acceptors (Lipinski definition) is 9. The number of aliphatic carboxylic acids is 1. The van der Waals surface area contributed by atoms with Gasteiger partial charge in [-0.05, 0) is 5.53 Å². The Morgan fingerprint density at radius 2 is 2.21 bits per heavy atom. The summed E-state index contributed by atoms with van der Waals surface area (Å²) in [6.45, 7) is 0.239. The summed E-state index contributed by atoms with van der Waals surface area (Å²) < 4.78 is 4.95. The zero-order valence-electron chi connectivity index (χ0n) is 12.5. The molecular weight excluding hydrogens is 332 g/mol. The molecule has 0 saturated carbocycles. The van der Waals surface area contributed by atoms with E-state index in [1.807, 2.05) is 0 Å². The second-order valence-corrected chi connectivity index (χ2v) is 5.16. The van der Waals surface area contributed by atoms with Gasteiger partial charge in [0.05, 0.1) is 18.8 Å². The van der Waals surface area contributed by atoms with Gasteiger partial charge in [0.1, 0.15) is 17.5 Å². The predicted molar refractivity (Wildman–Crippen MR) is 72.8 cm³/mol. The lowest BCUT2D eigenvalue weighted by Crippen LogP contribution is -2.67. The van der Waals surface area contributed by atoms with Gasteiger partial charge >= 0.3 is 5.97 Å². The van der Waals surface area contributed by atoms with Crippen molar-refractivity contribution >= 4 is 11.9 Å². The van der Waals surface area contributed by atoms with E-state index in [2.05, 4.69) is 20.3 Å². The Morgan fingerprint density at radius 3 is 2.67 bits per heavy atom. The van der Waals surface area contributed by atoms with E-state index in [1.165, 1.54) is 0 Å². The van der Waals surface area contributed by atoms with Crippen molar-refractivity contribution in [2.75, 3.05) is 6.61 Å². The molecule has 1 saturated heterocycles. The van der Waals surface area contributed by atoms with Crippen LogP contribution in [0.25, 0.3) is 10.4 Å². The van der Waals surface area contributed by atoms with Crippen LogP contribution in [0.5, 0.6) is 0 Å². The number of nitrogens with zero attached hydrogens (tertiary/aromatic N) is 3. The predicted octanol–water partition coefficient (Wildman–Crippen LogP) is -2.62. The normalized spacial score (nSPS) is 32.1. The molecule has 1 unspecified atom stereocenters. The van der Waals surface area contributed by atoms with Crippen molar-refractivity contribution in [2.24, 2.45) is 5.28 Å². The maximum Gasteiger partial charge on any atom is 0.364 e. The van der Waals surface area contributed by atoms with Crippen molar-refractivity contribution in [3.8, 4) is 0 Å². The second-order valence-electron chi connectivity index (χ2n) is 5.16. The summed E-state index contributed by atoms with van der Waals surface area (Å²) in [4.78, 5) is 29.1. The molecule has 13 heteroatoms. The largest absolute Gasteiger partial charge is 0.477 e. The summed E-state index contributed by atoms with van der Waals surface area (Å²) in [5, 5.41) is 53.3. The van der Waals surface area contributed by atoms with Crippen LogP contribution in [-0.4, -0.2) is 80.3 Å². The average molecular weight is 350 g/mol. The van der Waals surface area contributed by atoms with Crippen LogP contribution in [-0.2, 0) is 19.2 Å². The summed E-state index contributed by atoms with van der Waals surface area (Å²) in [5.74, 6) is -5.29. The molecule has 13 nitrogen and oxygen atoms in total. The molecule has 6 N–H and O–H groups in total. The molecule has 0 aromatic carbocycles. The van der Waals surface area contributed by atoms with E-state index >= 15 is 0 Å². The Morgan fingerprint density at radius 1 is 1.58 bits per heavy atom. The van der Waals surface area contributed by atoms with Gasteiger partial charge in [-0.25, -0.2) is 4.79 Å². The summed E-state index contributed by atoms with van der Waals surface area (Å²) in [6, 6.07) is -1.32. The Labute approximate surface area is 135 Å². The van der Waals surface area contributed by atoms with Gasteiger partial charge in [0.2, 0.25) is 5.91 Å². The fourth-order valence-corrected chi connectivity index (χ4v) is 2.31. The number of nitrogens with one attached hydrogen (secondary N) is 1. The van der Waals surface area contributed by atoms with Crippen molar-refractivity contribution in [3.05, 3.63) is 10.4 Å². The molecule has 0 radical (unpaired) electrons. The number of carbonyl (C=O) groups excluding carboxylic acids is 1. The van der Waals surface area contributed by atoms with E-state index in [-0.39, 0.29) is 0 Å². The van der Waals surface area contributed by atoms with Crippen LogP contribution in [0, 0.1) is 0 Å². The lowest BCUT2D eigenvalue weighted by atomic mass is 9.88. The van der Waals surface area contributed by atoms with Crippen molar-refractivity contribution in [1.82, 2.24) is 5.32 Å². The lowest BCUT2D eigenvalue weighted by Gasteiger charge is -2.44. The molecule has 0 aromatic rings. The number of carbonyl (C=O) groups is 2. The van der Waals surface area contributed by atoms with Crippen LogP contribution < -0.4 is 5.32 Å². The van der Waals surface area contributed by atoms with E-state index in [0.29, 0.717) is 0 Å². The van der Waals surface area contributed by atoms with E-state index in [1.54, 1.807) is 0 Å². The fraction of sp³-hybridized carbons (Fsp3) is 0.818. The lowest BCUT2D eigenvalue weighted by molar-refractivity contribution is -0.296. The number of amides is 1. The molecule has 136 valence electrons. The number of ether oxygens (including phenoxy) is 1. The van der Waals surface area contributed by atoms with Gasteiger partial charge in [-0.2, -0.15) is 0 Å². The number of hydrogen-bond donors (Lipinski definition) is 6. The third-order valence-electron chi connectivity index (χ3n) is 3.41. The first-order valence-electron chi connectivity index (χ1n) is 6.74. The van der Waals surface area contributed by atoms with E-state index in [0.717, 1.165) is 6.92 Å². The number of carboxylic acids is 1. The number of carboxylic acid groups (broad SMARTS) is 1. The van der Waals surface area contributed by atoms with E-state index in [9.17, 15) is 30.0 Å². The minimum atomic E-state index is -2.83. The highest BCUT2D eigenvalue weighted by molar-refractivity contribution is 5.76. The van der Waals surface area contributed by atoms with Crippen LogP contribution in [0.4, 0.5) is 0 Å². The summed E-state index contributed by atoms with van der Waals surface area (Å²) in [6.07, 6.45) is -7.49. The monoisotopic (exact) mass is 350 g/mol. The summed E-state index contributed by atoms with van der Waals surface area (Å²) in [5.41, 5.74) is 8.20. The van der Waals surface area contributed by atoms with Crippen molar-refractivity contribution in [1.29, 1.82) is 0 Å². The SMILES string of the molecule is CC(=O)N[C@H]1[C@H]([C@H](O)[C@@H](CO)ON=[N+]=[N-])OC(O)(C(=O)O)C[C@@H]1O. The zero-order valence-corrected chi connectivity index (χ0v) is 12.5. The third kappa shape index (κ3) is 4.44. The van der Waals surface area contributed by atoms with Crippen molar-refractivity contribution in [3.63, 3.8) is 0 Å². The van der Waals surface area contributed by atoms with Crippen LogP contribution in [0.1, 0.15) is 13.3 Å². The molecule has 0 bridgehead atoms. The Hall–Kier alpha value is -2.15. The van der Waals surface area contributed by atoms with E-state index < -0.39 is 61.1 Å². The standard InChI is InChI=1S/C11H18N4O9/c1-4(17)13-7-5(18)2-11(22,10(20)21)23-9(7)8(19)6(3-16)24-15-14-12/h5-9,16,18-19,22H,2-3H2,1H3,(H,13,17)(H,20,21)/t5-,6+,7+,8+,9+,11?/m0/s1. The van der Waals surface area contributed by atoms with Gasteiger partial charge < -0.3 is 40.4 Å². The van der Waals surface area contributed by atoms with Gasteiger partial charge in [0.15, 0.2) is 6.10 Å². The van der Waals surface area contributed by atoms with Crippen molar-refractivity contribution < 1.29 is 44.7 Å². The molecule has 1 amide bonds. The molecule has 0 aliphatic carbocycles. The molecule has 0 aromatic heterocycles. The van der Waals surface area contributed by atoms with Gasteiger partial charge in [0, 0.05) is 18.3 Å². The highest BCUT2D eigenvalue weighted by Gasteiger charge is 2.54. The smallest absolute Gasteiger partial charge is 0.364 e. The third-order valence-corrected chi connectivity index (χ3v) is 3.41. The van der Waals surface area contributed by atoms with Gasteiger partial charge in [-0.3, -0.25) is 4.79 Å².